The van der Waals surface area contributed by atoms with E-state index in [-0.39, 0.29) is 43.4 Å². The maximum Gasteiger partial charge on any atom is 0.242 e. The summed E-state index contributed by atoms with van der Waals surface area (Å²) in [5.41, 5.74) is 1.90. The molecule has 0 bridgehead atoms. The molecule has 0 aliphatic heterocycles. The summed E-state index contributed by atoms with van der Waals surface area (Å²) in [6, 6.07) is 12.7. The van der Waals surface area contributed by atoms with E-state index in [4.69, 9.17) is 0 Å². The van der Waals surface area contributed by atoms with Gasteiger partial charge < -0.3 is 10.2 Å². The molecular formula is C25H34FN3O4S. The Morgan fingerprint density at radius 2 is 1.79 bits per heavy atom. The normalized spacial score (nSPS) is 12.1. The topological polar surface area (TPSA) is 86.8 Å². The van der Waals surface area contributed by atoms with Crippen molar-refractivity contribution in [3.8, 4) is 0 Å². The Morgan fingerprint density at radius 1 is 1.09 bits per heavy atom. The third kappa shape index (κ3) is 7.55. The molecule has 0 aliphatic carbocycles. The van der Waals surface area contributed by atoms with E-state index in [1.807, 2.05) is 45.0 Å². The fourth-order valence-electron chi connectivity index (χ4n) is 3.86. The highest BCUT2D eigenvalue weighted by Gasteiger charge is 2.28. The molecule has 186 valence electrons. The predicted octanol–water partition coefficient (Wildman–Crippen LogP) is 3.62. The van der Waals surface area contributed by atoms with Crippen LogP contribution in [0.1, 0.15) is 44.2 Å². The van der Waals surface area contributed by atoms with E-state index >= 15 is 0 Å². The molecule has 0 aliphatic rings. The number of hydrogen-bond donors (Lipinski definition) is 1. The summed E-state index contributed by atoms with van der Waals surface area (Å²) in [4.78, 5) is 27.5. The van der Waals surface area contributed by atoms with Crippen molar-refractivity contribution < 1.29 is 22.4 Å². The number of para-hydroxylation sites is 1. The van der Waals surface area contributed by atoms with Crippen LogP contribution in [-0.4, -0.2) is 50.5 Å². The van der Waals surface area contributed by atoms with Crippen molar-refractivity contribution in [1.82, 2.24) is 10.2 Å². The number of carbonyl (C=O) groups is 2. The monoisotopic (exact) mass is 491 g/mol. The highest BCUT2D eigenvalue weighted by atomic mass is 32.2. The van der Waals surface area contributed by atoms with E-state index in [9.17, 15) is 22.4 Å². The van der Waals surface area contributed by atoms with Crippen LogP contribution >= 0.6 is 0 Å². The van der Waals surface area contributed by atoms with Crippen molar-refractivity contribution in [2.24, 2.45) is 0 Å². The van der Waals surface area contributed by atoms with Gasteiger partial charge in [-0.3, -0.25) is 13.9 Å². The molecule has 7 nitrogen and oxygen atoms in total. The smallest absolute Gasteiger partial charge is 0.242 e. The summed E-state index contributed by atoms with van der Waals surface area (Å²) in [6.07, 6.45) is 1.64. The number of hydrogen-bond acceptors (Lipinski definition) is 4. The summed E-state index contributed by atoms with van der Waals surface area (Å²) in [5, 5.41) is 2.79. The molecular weight excluding hydrogens is 457 g/mol. The molecule has 1 N–H and O–H groups in total. The van der Waals surface area contributed by atoms with Gasteiger partial charge in [0.25, 0.3) is 0 Å². The Hall–Kier alpha value is -2.94. The Morgan fingerprint density at radius 3 is 2.38 bits per heavy atom. The quantitative estimate of drug-likeness (QED) is 0.491. The lowest BCUT2D eigenvalue weighted by Crippen LogP contribution is -2.49. The number of carbonyl (C=O) groups excluding carboxylic acids is 2. The number of anilines is 1. The minimum Gasteiger partial charge on any atom is -0.355 e. The van der Waals surface area contributed by atoms with E-state index in [0.717, 1.165) is 21.7 Å². The zero-order chi connectivity index (χ0) is 25.3. The Kier molecular flexibility index (Phi) is 10.0. The molecule has 0 saturated carbocycles. The number of likely N-dealkylation sites (N-methyl/N-ethyl adjacent to an activating group) is 1. The SMILES string of the molecule is CCNC(=O)[C@@H](CC)N(Cc1cccc(C)c1)C(=O)CCCN(c1ccccc1F)S(C)(=O)=O. The van der Waals surface area contributed by atoms with Gasteiger partial charge in [-0.05, 0) is 44.4 Å². The van der Waals surface area contributed by atoms with Crippen LogP contribution in [0.15, 0.2) is 48.5 Å². The first kappa shape index (κ1) is 27.3. The number of aryl methyl sites for hydroxylation is 1. The number of halogens is 1. The molecule has 0 saturated heterocycles. The second kappa shape index (κ2) is 12.5. The molecule has 0 spiro atoms. The third-order valence-electron chi connectivity index (χ3n) is 5.45. The van der Waals surface area contributed by atoms with Crippen LogP contribution in [0.2, 0.25) is 0 Å². The van der Waals surface area contributed by atoms with E-state index in [0.29, 0.717) is 13.0 Å². The molecule has 2 amide bonds. The lowest BCUT2D eigenvalue weighted by atomic mass is 10.1. The number of nitrogens with one attached hydrogen (secondary N) is 1. The van der Waals surface area contributed by atoms with E-state index in [1.165, 1.54) is 18.2 Å². The lowest BCUT2D eigenvalue weighted by Gasteiger charge is -2.31. The van der Waals surface area contributed by atoms with Gasteiger partial charge in [0.05, 0.1) is 11.9 Å². The Balaban J connectivity index is 2.21. The Bertz CT molecular complexity index is 1090. The van der Waals surface area contributed by atoms with Gasteiger partial charge in [0.15, 0.2) is 0 Å². The third-order valence-corrected chi connectivity index (χ3v) is 6.63. The van der Waals surface area contributed by atoms with Gasteiger partial charge in [-0.1, -0.05) is 48.9 Å². The van der Waals surface area contributed by atoms with Gasteiger partial charge in [-0.2, -0.15) is 0 Å². The number of benzene rings is 2. The Labute approximate surface area is 202 Å². The molecule has 0 fully saturated rings. The minimum atomic E-state index is -3.75. The van der Waals surface area contributed by atoms with Gasteiger partial charge in [-0.15, -0.1) is 0 Å². The summed E-state index contributed by atoms with van der Waals surface area (Å²) < 4.78 is 39.8. The molecule has 9 heteroatoms. The highest BCUT2D eigenvalue weighted by Crippen LogP contribution is 2.22. The summed E-state index contributed by atoms with van der Waals surface area (Å²) >= 11 is 0. The fraction of sp³-hybridized carbons (Fsp3) is 0.440. The standard InChI is InChI=1S/C25H34FN3O4S/c1-5-22(25(31)27-6-2)28(18-20-12-9-11-19(3)17-20)24(30)15-10-16-29(34(4,32)33)23-14-8-7-13-21(23)26/h7-9,11-14,17,22H,5-6,10,15-16,18H2,1-4H3,(H,27,31)/t22-/m1/s1. The van der Waals surface area contributed by atoms with Gasteiger partial charge in [-0.25, -0.2) is 12.8 Å². The van der Waals surface area contributed by atoms with Crippen molar-refractivity contribution >= 4 is 27.5 Å². The maximum absolute atomic E-state index is 14.2. The fourth-order valence-corrected chi connectivity index (χ4v) is 4.82. The van der Waals surface area contributed by atoms with E-state index in [2.05, 4.69) is 5.32 Å². The first-order valence-electron chi connectivity index (χ1n) is 11.4. The zero-order valence-electron chi connectivity index (χ0n) is 20.3. The molecule has 34 heavy (non-hydrogen) atoms. The number of amides is 2. The van der Waals surface area contributed by atoms with Crippen LogP contribution in [0.25, 0.3) is 0 Å². The highest BCUT2D eigenvalue weighted by molar-refractivity contribution is 7.92. The van der Waals surface area contributed by atoms with Crippen LogP contribution in [0.3, 0.4) is 0 Å². The van der Waals surface area contributed by atoms with Crippen LogP contribution in [0.5, 0.6) is 0 Å². The van der Waals surface area contributed by atoms with Crippen molar-refractivity contribution in [2.45, 2.75) is 52.6 Å². The number of rotatable bonds is 12. The first-order valence-corrected chi connectivity index (χ1v) is 13.3. The zero-order valence-corrected chi connectivity index (χ0v) is 21.1. The summed E-state index contributed by atoms with van der Waals surface area (Å²) in [6.45, 7) is 6.29. The molecule has 0 heterocycles. The van der Waals surface area contributed by atoms with Crippen LogP contribution in [0, 0.1) is 12.7 Å². The van der Waals surface area contributed by atoms with Gasteiger partial charge in [0.1, 0.15) is 11.9 Å². The van der Waals surface area contributed by atoms with Gasteiger partial charge in [0, 0.05) is 26.1 Å². The molecule has 2 rings (SSSR count). The minimum absolute atomic E-state index is 0.0161. The second-order valence-corrected chi connectivity index (χ2v) is 10.1. The second-order valence-electron chi connectivity index (χ2n) is 8.22. The molecule has 1 atom stereocenters. The van der Waals surface area contributed by atoms with Crippen LogP contribution in [-0.2, 0) is 26.2 Å². The summed E-state index contributed by atoms with van der Waals surface area (Å²) in [7, 11) is -3.75. The van der Waals surface area contributed by atoms with E-state index in [1.54, 1.807) is 11.0 Å². The van der Waals surface area contributed by atoms with Crippen molar-refractivity contribution in [2.75, 3.05) is 23.7 Å². The molecule has 0 aromatic heterocycles. The van der Waals surface area contributed by atoms with E-state index < -0.39 is 21.9 Å². The number of sulfonamides is 1. The summed E-state index contributed by atoms with van der Waals surface area (Å²) in [5.74, 6) is -1.14. The average Bonchev–Trinajstić information content (AvgIpc) is 2.76. The van der Waals surface area contributed by atoms with Crippen LogP contribution < -0.4 is 9.62 Å². The number of nitrogens with zero attached hydrogens (tertiary/aromatic N) is 2. The molecule has 2 aromatic carbocycles. The van der Waals surface area contributed by atoms with Crippen molar-refractivity contribution in [1.29, 1.82) is 0 Å². The largest absolute Gasteiger partial charge is 0.355 e. The maximum atomic E-state index is 14.2. The van der Waals surface area contributed by atoms with Gasteiger partial charge in [0.2, 0.25) is 21.8 Å². The average molecular weight is 492 g/mol. The van der Waals surface area contributed by atoms with Crippen molar-refractivity contribution in [3.05, 3.63) is 65.5 Å². The molecule has 0 radical (unpaired) electrons. The molecule has 2 aromatic rings. The predicted molar refractivity (Wildman–Crippen MR) is 132 cm³/mol. The van der Waals surface area contributed by atoms with Crippen molar-refractivity contribution in [3.63, 3.8) is 0 Å². The van der Waals surface area contributed by atoms with Crippen LogP contribution in [0.4, 0.5) is 10.1 Å². The lowest BCUT2D eigenvalue weighted by molar-refractivity contribution is -0.141. The first-order chi connectivity index (χ1) is 16.1. The van der Waals surface area contributed by atoms with Gasteiger partial charge >= 0.3 is 0 Å². The molecule has 0 unspecified atom stereocenters.